The normalized spacial score (nSPS) is 14.7. The first-order chi connectivity index (χ1) is 14.5. The number of rotatable bonds is 8. The third kappa shape index (κ3) is 5.74. The highest BCUT2D eigenvalue weighted by Gasteiger charge is 2.30. The SMILES string of the molecule is CC(C)CN(Cc1cccn1C)C(=O)CN(C(=O)c1ccccc1)C1CCCCC1. The predicted octanol–water partition coefficient (Wildman–Crippen LogP) is 4.48. The molecular weight excluding hydrogens is 374 g/mol. The summed E-state index contributed by atoms with van der Waals surface area (Å²) in [5.74, 6) is 0.362. The van der Waals surface area contributed by atoms with E-state index in [1.807, 2.05) is 59.4 Å². The van der Waals surface area contributed by atoms with Crippen molar-refractivity contribution < 1.29 is 9.59 Å². The Morgan fingerprint density at radius 1 is 1.03 bits per heavy atom. The largest absolute Gasteiger partial charge is 0.353 e. The Hall–Kier alpha value is -2.56. The summed E-state index contributed by atoms with van der Waals surface area (Å²) >= 11 is 0. The van der Waals surface area contributed by atoms with Gasteiger partial charge in [0.15, 0.2) is 0 Å². The minimum Gasteiger partial charge on any atom is -0.353 e. The van der Waals surface area contributed by atoms with E-state index in [2.05, 4.69) is 24.5 Å². The van der Waals surface area contributed by atoms with Crippen molar-refractivity contribution in [1.29, 1.82) is 0 Å². The maximum absolute atomic E-state index is 13.4. The molecule has 1 aliphatic carbocycles. The lowest BCUT2D eigenvalue weighted by Gasteiger charge is -2.36. The smallest absolute Gasteiger partial charge is 0.254 e. The predicted molar refractivity (Wildman–Crippen MR) is 120 cm³/mol. The molecule has 0 bridgehead atoms. The van der Waals surface area contributed by atoms with Crippen LogP contribution in [0.4, 0.5) is 0 Å². The second kappa shape index (κ2) is 10.5. The van der Waals surface area contributed by atoms with E-state index < -0.39 is 0 Å². The maximum atomic E-state index is 13.4. The van der Waals surface area contributed by atoms with E-state index in [1.54, 1.807) is 0 Å². The average molecular weight is 410 g/mol. The van der Waals surface area contributed by atoms with E-state index in [-0.39, 0.29) is 24.4 Å². The molecule has 162 valence electrons. The summed E-state index contributed by atoms with van der Waals surface area (Å²) in [6.45, 7) is 5.65. The molecule has 0 radical (unpaired) electrons. The number of nitrogens with zero attached hydrogens (tertiary/aromatic N) is 3. The van der Waals surface area contributed by atoms with Crippen molar-refractivity contribution in [2.45, 2.75) is 58.5 Å². The summed E-state index contributed by atoms with van der Waals surface area (Å²) < 4.78 is 2.05. The molecule has 0 aliphatic heterocycles. The molecule has 2 aromatic rings. The molecule has 5 heteroatoms. The van der Waals surface area contributed by atoms with Crippen LogP contribution >= 0.6 is 0 Å². The number of aromatic nitrogens is 1. The fourth-order valence-electron chi connectivity index (χ4n) is 4.30. The van der Waals surface area contributed by atoms with Gasteiger partial charge in [-0.2, -0.15) is 0 Å². The van der Waals surface area contributed by atoms with E-state index in [9.17, 15) is 9.59 Å². The van der Waals surface area contributed by atoms with Gasteiger partial charge in [0.2, 0.25) is 5.91 Å². The molecule has 1 saturated carbocycles. The first kappa shape index (κ1) is 22.1. The second-order valence-electron chi connectivity index (χ2n) is 8.87. The van der Waals surface area contributed by atoms with Crippen LogP contribution in [0.25, 0.3) is 0 Å². The summed E-state index contributed by atoms with van der Waals surface area (Å²) in [7, 11) is 2.00. The molecule has 2 amide bonds. The van der Waals surface area contributed by atoms with Crippen molar-refractivity contribution in [2.24, 2.45) is 13.0 Å². The quantitative estimate of drug-likeness (QED) is 0.645. The number of amides is 2. The van der Waals surface area contributed by atoms with E-state index in [0.29, 0.717) is 24.6 Å². The summed E-state index contributed by atoms with van der Waals surface area (Å²) in [4.78, 5) is 30.5. The Labute approximate surface area is 180 Å². The molecule has 30 heavy (non-hydrogen) atoms. The summed E-state index contributed by atoms with van der Waals surface area (Å²) in [6, 6.07) is 13.6. The molecule has 0 spiro atoms. The topological polar surface area (TPSA) is 45.6 Å². The summed E-state index contributed by atoms with van der Waals surface area (Å²) in [6.07, 6.45) is 7.42. The van der Waals surface area contributed by atoms with E-state index in [4.69, 9.17) is 0 Å². The van der Waals surface area contributed by atoms with E-state index >= 15 is 0 Å². The van der Waals surface area contributed by atoms with Crippen molar-refractivity contribution >= 4 is 11.8 Å². The molecular formula is C25H35N3O2. The van der Waals surface area contributed by atoms with Crippen molar-refractivity contribution in [2.75, 3.05) is 13.1 Å². The van der Waals surface area contributed by atoms with Gasteiger partial charge < -0.3 is 14.4 Å². The van der Waals surface area contributed by atoms with Gasteiger partial charge in [0, 0.05) is 37.1 Å². The highest BCUT2D eigenvalue weighted by Crippen LogP contribution is 2.24. The molecule has 0 atom stereocenters. The number of hydrogen-bond acceptors (Lipinski definition) is 2. The molecule has 0 N–H and O–H groups in total. The van der Waals surface area contributed by atoms with Gasteiger partial charge in [0.05, 0.1) is 6.54 Å². The molecule has 1 heterocycles. The third-order valence-corrected chi connectivity index (χ3v) is 5.95. The van der Waals surface area contributed by atoms with Crippen LogP contribution in [0.15, 0.2) is 48.7 Å². The number of hydrogen-bond donors (Lipinski definition) is 0. The van der Waals surface area contributed by atoms with Crippen LogP contribution < -0.4 is 0 Å². The van der Waals surface area contributed by atoms with Gasteiger partial charge in [-0.05, 0) is 43.0 Å². The molecule has 3 rings (SSSR count). The van der Waals surface area contributed by atoms with Crippen molar-refractivity contribution in [3.63, 3.8) is 0 Å². The lowest BCUT2D eigenvalue weighted by Crippen LogP contribution is -2.48. The monoisotopic (exact) mass is 409 g/mol. The molecule has 0 unspecified atom stereocenters. The molecule has 1 aliphatic rings. The van der Waals surface area contributed by atoms with Gasteiger partial charge in [0.1, 0.15) is 6.54 Å². The first-order valence-electron chi connectivity index (χ1n) is 11.2. The first-order valence-corrected chi connectivity index (χ1v) is 11.2. The van der Waals surface area contributed by atoms with Crippen LogP contribution in [0.5, 0.6) is 0 Å². The molecule has 0 saturated heterocycles. The third-order valence-electron chi connectivity index (χ3n) is 5.95. The summed E-state index contributed by atoms with van der Waals surface area (Å²) in [5.41, 5.74) is 1.76. The Morgan fingerprint density at radius 2 is 1.73 bits per heavy atom. The maximum Gasteiger partial charge on any atom is 0.254 e. The van der Waals surface area contributed by atoms with Gasteiger partial charge in [-0.15, -0.1) is 0 Å². The Kier molecular flexibility index (Phi) is 7.72. The highest BCUT2D eigenvalue weighted by atomic mass is 16.2. The van der Waals surface area contributed by atoms with Gasteiger partial charge in [-0.1, -0.05) is 51.3 Å². The van der Waals surface area contributed by atoms with Crippen molar-refractivity contribution in [3.8, 4) is 0 Å². The van der Waals surface area contributed by atoms with Crippen LogP contribution in [0.1, 0.15) is 62.0 Å². The van der Waals surface area contributed by atoms with Gasteiger partial charge in [-0.3, -0.25) is 9.59 Å². The fraction of sp³-hybridized carbons (Fsp3) is 0.520. The Balaban J connectivity index is 1.80. The van der Waals surface area contributed by atoms with Crippen LogP contribution in [-0.2, 0) is 18.4 Å². The van der Waals surface area contributed by atoms with Crippen LogP contribution in [-0.4, -0.2) is 45.3 Å². The molecule has 5 nitrogen and oxygen atoms in total. The average Bonchev–Trinajstić information content (AvgIpc) is 3.16. The lowest BCUT2D eigenvalue weighted by atomic mass is 9.93. The lowest BCUT2D eigenvalue weighted by molar-refractivity contribution is -0.133. The van der Waals surface area contributed by atoms with Crippen molar-refractivity contribution in [3.05, 3.63) is 59.9 Å². The molecule has 1 aromatic heterocycles. The zero-order valence-corrected chi connectivity index (χ0v) is 18.6. The minimum absolute atomic E-state index is 0.0276. The Morgan fingerprint density at radius 3 is 2.33 bits per heavy atom. The zero-order chi connectivity index (χ0) is 21.5. The fourth-order valence-corrected chi connectivity index (χ4v) is 4.30. The standard InChI is InChI=1S/C25H35N3O2/c1-20(2)17-27(18-23-15-10-16-26(23)3)24(29)19-28(22-13-8-5-9-14-22)25(30)21-11-6-4-7-12-21/h4,6-7,10-12,15-16,20,22H,5,8-9,13-14,17-19H2,1-3H3. The summed E-state index contributed by atoms with van der Waals surface area (Å²) in [5, 5.41) is 0. The van der Waals surface area contributed by atoms with Crippen LogP contribution in [0, 0.1) is 5.92 Å². The van der Waals surface area contributed by atoms with E-state index in [0.717, 1.165) is 31.4 Å². The van der Waals surface area contributed by atoms with Gasteiger partial charge in [-0.25, -0.2) is 0 Å². The van der Waals surface area contributed by atoms with Gasteiger partial charge >= 0.3 is 0 Å². The number of aryl methyl sites for hydroxylation is 1. The highest BCUT2D eigenvalue weighted by molar-refractivity contribution is 5.96. The minimum atomic E-state index is -0.0285. The molecule has 1 aromatic carbocycles. The van der Waals surface area contributed by atoms with Crippen molar-refractivity contribution in [1.82, 2.24) is 14.4 Å². The van der Waals surface area contributed by atoms with Crippen LogP contribution in [0.3, 0.4) is 0 Å². The van der Waals surface area contributed by atoms with E-state index in [1.165, 1.54) is 6.42 Å². The zero-order valence-electron chi connectivity index (χ0n) is 18.6. The van der Waals surface area contributed by atoms with Gasteiger partial charge in [0.25, 0.3) is 5.91 Å². The second-order valence-corrected chi connectivity index (χ2v) is 8.87. The Bertz CT molecular complexity index is 822. The number of benzene rings is 1. The number of carbonyl (C=O) groups is 2. The number of carbonyl (C=O) groups excluding carboxylic acids is 2. The van der Waals surface area contributed by atoms with Crippen LogP contribution in [0.2, 0.25) is 0 Å². The molecule has 1 fully saturated rings.